The molecule has 0 aromatic heterocycles. The highest BCUT2D eigenvalue weighted by molar-refractivity contribution is 5.99. The number of carbonyl (C=O) groups excluding carboxylic acids is 2. The molecule has 0 radical (unpaired) electrons. The van der Waals surface area contributed by atoms with Gasteiger partial charge in [0, 0.05) is 49.7 Å². The molecule has 2 aliphatic rings. The molecule has 2 aromatic rings. The maximum Gasteiger partial charge on any atom is 0.319 e. The molecule has 1 atom stereocenters. The molecule has 1 saturated carbocycles. The van der Waals surface area contributed by atoms with Gasteiger partial charge in [0.15, 0.2) is 0 Å². The molecule has 32 heavy (non-hydrogen) atoms. The van der Waals surface area contributed by atoms with E-state index in [2.05, 4.69) is 46.8 Å². The van der Waals surface area contributed by atoms with Crippen LogP contribution in [0.1, 0.15) is 24.0 Å². The quantitative estimate of drug-likeness (QED) is 0.633. The number of nitrogens with zero attached hydrogens (tertiary/aromatic N) is 2. The van der Waals surface area contributed by atoms with Crippen LogP contribution in [-0.4, -0.2) is 56.7 Å². The van der Waals surface area contributed by atoms with Gasteiger partial charge in [-0.1, -0.05) is 36.4 Å². The number of urea groups is 1. The van der Waals surface area contributed by atoms with E-state index in [4.69, 9.17) is 4.74 Å². The fourth-order valence-corrected chi connectivity index (χ4v) is 4.53. The molecule has 3 amide bonds. The lowest BCUT2D eigenvalue weighted by atomic mass is 10.1. The molecule has 170 valence electrons. The van der Waals surface area contributed by atoms with Crippen molar-refractivity contribution in [2.45, 2.75) is 31.8 Å². The van der Waals surface area contributed by atoms with Crippen molar-refractivity contribution in [3.05, 3.63) is 59.7 Å². The number of hydrogen-bond donors (Lipinski definition) is 2. The van der Waals surface area contributed by atoms with Crippen LogP contribution < -0.4 is 15.5 Å². The summed E-state index contributed by atoms with van der Waals surface area (Å²) in [4.78, 5) is 29.1. The lowest BCUT2D eigenvalue weighted by Gasteiger charge is -2.28. The minimum Gasteiger partial charge on any atom is -0.375 e. The van der Waals surface area contributed by atoms with Gasteiger partial charge in [0.05, 0.1) is 0 Å². The third-order valence-corrected chi connectivity index (χ3v) is 6.32. The van der Waals surface area contributed by atoms with Crippen LogP contribution in [0.15, 0.2) is 48.5 Å². The van der Waals surface area contributed by atoms with Crippen LogP contribution in [0, 0.1) is 5.92 Å². The van der Waals surface area contributed by atoms with Crippen molar-refractivity contribution in [3.8, 4) is 0 Å². The van der Waals surface area contributed by atoms with E-state index < -0.39 is 0 Å². The number of anilines is 2. The van der Waals surface area contributed by atoms with Crippen molar-refractivity contribution in [2.24, 2.45) is 5.92 Å². The van der Waals surface area contributed by atoms with Gasteiger partial charge in [0.25, 0.3) is 5.91 Å². The average molecular weight is 437 g/mol. The number of nitrogens with one attached hydrogen (secondary N) is 2. The Morgan fingerprint density at radius 2 is 1.94 bits per heavy atom. The van der Waals surface area contributed by atoms with Crippen LogP contribution in [0.5, 0.6) is 0 Å². The van der Waals surface area contributed by atoms with E-state index in [-0.39, 0.29) is 18.5 Å². The third kappa shape index (κ3) is 5.29. The summed E-state index contributed by atoms with van der Waals surface area (Å²) in [6.45, 7) is 2.12. The highest BCUT2D eigenvalue weighted by atomic mass is 16.5. The molecule has 7 heteroatoms. The number of amides is 3. The molecule has 1 unspecified atom stereocenters. The van der Waals surface area contributed by atoms with Crippen LogP contribution in [0.3, 0.4) is 0 Å². The summed E-state index contributed by atoms with van der Waals surface area (Å²) >= 11 is 0. The van der Waals surface area contributed by atoms with E-state index in [1.807, 2.05) is 24.3 Å². The Balaban J connectivity index is 1.35. The van der Waals surface area contributed by atoms with Crippen molar-refractivity contribution >= 4 is 23.3 Å². The van der Waals surface area contributed by atoms with E-state index in [0.29, 0.717) is 31.5 Å². The molecule has 0 spiro atoms. The fourth-order valence-electron chi connectivity index (χ4n) is 4.53. The molecule has 2 N–H and O–H groups in total. The van der Waals surface area contributed by atoms with Crippen molar-refractivity contribution < 1.29 is 14.3 Å². The van der Waals surface area contributed by atoms with Crippen LogP contribution in [-0.2, 0) is 22.5 Å². The Kier molecular flexibility index (Phi) is 7.07. The van der Waals surface area contributed by atoms with Gasteiger partial charge in [-0.15, -0.1) is 0 Å². The maximum absolute atomic E-state index is 12.7. The molecule has 2 aromatic carbocycles. The standard InChI is InChI=1S/C25H32N4O3/c1-28(16-18-7-4-3-5-8-18)23(19-11-12-19)15-26-25(31)27-21-9-6-10-22-20(21)13-14-29(22)24(30)17-32-2/h3-10,19,23H,11-17H2,1-2H3,(H2,26,27,31). The minimum atomic E-state index is -0.209. The highest BCUT2D eigenvalue weighted by Crippen LogP contribution is 2.36. The second-order valence-corrected chi connectivity index (χ2v) is 8.67. The van der Waals surface area contributed by atoms with Crippen molar-refractivity contribution in [2.75, 3.05) is 44.1 Å². The summed E-state index contributed by atoms with van der Waals surface area (Å²) in [6, 6.07) is 16.2. The predicted octanol–water partition coefficient (Wildman–Crippen LogP) is 3.25. The normalized spacial score (nSPS) is 16.0. The van der Waals surface area contributed by atoms with Gasteiger partial charge in [-0.3, -0.25) is 9.69 Å². The number of carbonyl (C=O) groups is 2. The smallest absolute Gasteiger partial charge is 0.319 e. The Morgan fingerprint density at radius 1 is 1.16 bits per heavy atom. The Morgan fingerprint density at radius 3 is 2.66 bits per heavy atom. The number of ether oxygens (including phenoxy) is 1. The minimum absolute atomic E-state index is 0.0522. The topological polar surface area (TPSA) is 73.9 Å². The second kappa shape index (κ2) is 10.1. The number of rotatable bonds is 9. The molecule has 1 heterocycles. The summed E-state index contributed by atoms with van der Waals surface area (Å²) in [5.74, 6) is 0.562. The summed E-state index contributed by atoms with van der Waals surface area (Å²) < 4.78 is 4.99. The Bertz CT molecular complexity index is 945. The fraction of sp³-hybridized carbons (Fsp3) is 0.440. The van der Waals surface area contributed by atoms with Crippen molar-refractivity contribution in [1.29, 1.82) is 0 Å². The van der Waals surface area contributed by atoms with Gasteiger partial charge in [-0.2, -0.15) is 0 Å². The zero-order chi connectivity index (χ0) is 22.5. The average Bonchev–Trinajstić information content (AvgIpc) is 3.52. The molecule has 1 aliphatic heterocycles. The number of methoxy groups -OCH3 is 1. The first-order valence-electron chi connectivity index (χ1n) is 11.3. The zero-order valence-corrected chi connectivity index (χ0v) is 18.8. The van der Waals surface area contributed by atoms with E-state index in [1.54, 1.807) is 4.90 Å². The van der Waals surface area contributed by atoms with Gasteiger partial charge in [0.2, 0.25) is 0 Å². The maximum atomic E-state index is 12.7. The summed E-state index contributed by atoms with van der Waals surface area (Å²) in [7, 11) is 3.65. The molecule has 0 bridgehead atoms. The predicted molar refractivity (Wildman–Crippen MR) is 126 cm³/mol. The zero-order valence-electron chi connectivity index (χ0n) is 18.8. The van der Waals surface area contributed by atoms with Crippen molar-refractivity contribution in [3.63, 3.8) is 0 Å². The first kappa shape index (κ1) is 22.3. The van der Waals surface area contributed by atoms with Gasteiger partial charge >= 0.3 is 6.03 Å². The van der Waals surface area contributed by atoms with Crippen molar-refractivity contribution in [1.82, 2.24) is 10.2 Å². The monoisotopic (exact) mass is 436 g/mol. The summed E-state index contributed by atoms with van der Waals surface area (Å²) in [5, 5.41) is 6.07. The van der Waals surface area contributed by atoms with E-state index in [0.717, 1.165) is 23.5 Å². The van der Waals surface area contributed by atoms with E-state index in [1.165, 1.54) is 25.5 Å². The van der Waals surface area contributed by atoms with Gasteiger partial charge in [0.1, 0.15) is 6.61 Å². The van der Waals surface area contributed by atoms with Gasteiger partial charge in [-0.05, 0) is 49.9 Å². The lowest BCUT2D eigenvalue weighted by Crippen LogP contribution is -2.44. The highest BCUT2D eigenvalue weighted by Gasteiger charge is 2.34. The Hall–Kier alpha value is -2.90. The lowest BCUT2D eigenvalue weighted by molar-refractivity contribution is -0.122. The van der Waals surface area contributed by atoms with Gasteiger partial charge in [-0.25, -0.2) is 4.79 Å². The van der Waals surface area contributed by atoms with E-state index >= 15 is 0 Å². The number of fused-ring (bicyclic) bond motifs is 1. The largest absolute Gasteiger partial charge is 0.375 e. The van der Waals surface area contributed by atoms with Crippen LogP contribution in [0.4, 0.5) is 16.2 Å². The van der Waals surface area contributed by atoms with E-state index in [9.17, 15) is 9.59 Å². The number of likely N-dealkylation sites (N-methyl/N-ethyl adjacent to an activating group) is 1. The first-order valence-corrected chi connectivity index (χ1v) is 11.3. The molecular formula is C25H32N4O3. The van der Waals surface area contributed by atoms with Crippen LogP contribution >= 0.6 is 0 Å². The number of hydrogen-bond acceptors (Lipinski definition) is 4. The molecule has 7 nitrogen and oxygen atoms in total. The molecule has 1 aliphatic carbocycles. The third-order valence-electron chi connectivity index (χ3n) is 6.32. The summed E-state index contributed by atoms with van der Waals surface area (Å²) in [6.07, 6.45) is 3.14. The number of benzene rings is 2. The first-order chi connectivity index (χ1) is 15.6. The molecule has 4 rings (SSSR count). The second-order valence-electron chi connectivity index (χ2n) is 8.67. The molecule has 0 saturated heterocycles. The molecule has 1 fully saturated rings. The van der Waals surface area contributed by atoms with Crippen LogP contribution in [0.2, 0.25) is 0 Å². The molecular weight excluding hydrogens is 404 g/mol. The van der Waals surface area contributed by atoms with Crippen LogP contribution in [0.25, 0.3) is 0 Å². The Labute approximate surface area is 189 Å². The van der Waals surface area contributed by atoms with Gasteiger partial charge < -0.3 is 20.3 Å². The summed E-state index contributed by atoms with van der Waals surface area (Å²) in [5.41, 5.74) is 3.88. The SMILES string of the molecule is COCC(=O)N1CCc2c(NC(=O)NCC(C3CC3)N(C)Cc3ccccc3)cccc21.